The number of hydrogen-bond acceptors (Lipinski definition) is 7. The van der Waals surface area contributed by atoms with Crippen molar-refractivity contribution < 1.29 is 4.74 Å². The zero-order valence-corrected chi connectivity index (χ0v) is 20.9. The van der Waals surface area contributed by atoms with E-state index < -0.39 is 0 Å². The van der Waals surface area contributed by atoms with Crippen LogP contribution in [0.25, 0.3) is 16.8 Å². The van der Waals surface area contributed by atoms with Crippen molar-refractivity contribution in [1.29, 1.82) is 0 Å². The van der Waals surface area contributed by atoms with Crippen LogP contribution in [0.2, 0.25) is 5.02 Å². The van der Waals surface area contributed by atoms with Crippen LogP contribution in [0.4, 0.5) is 5.82 Å². The molecular formula is C26H28ClN7O. The SMILES string of the molecule is COc1cnc2c(c1)[C@@H](N)C1(CCN(c3nc(C)c(-c4ccnc(C)c4Cl)n4nccc34)CC1)C2. The molecule has 5 heterocycles. The number of aromatic nitrogens is 5. The second-order valence-corrected chi connectivity index (χ2v) is 10.0. The minimum atomic E-state index is -0.0358. The maximum absolute atomic E-state index is 6.81. The zero-order chi connectivity index (χ0) is 24.3. The van der Waals surface area contributed by atoms with E-state index in [1.807, 2.05) is 36.7 Å². The second kappa shape index (κ2) is 8.17. The molecule has 0 saturated carbocycles. The Balaban J connectivity index is 1.32. The van der Waals surface area contributed by atoms with E-state index in [0.717, 1.165) is 83.3 Å². The van der Waals surface area contributed by atoms with Gasteiger partial charge in [0.25, 0.3) is 0 Å². The molecule has 1 spiro atoms. The van der Waals surface area contributed by atoms with Crippen molar-refractivity contribution >= 4 is 22.9 Å². The Bertz CT molecular complexity index is 1440. The maximum Gasteiger partial charge on any atom is 0.155 e. The fourth-order valence-corrected chi connectivity index (χ4v) is 5.99. The largest absolute Gasteiger partial charge is 0.495 e. The lowest BCUT2D eigenvalue weighted by atomic mass is 9.73. The van der Waals surface area contributed by atoms with Gasteiger partial charge in [-0.1, -0.05) is 11.6 Å². The first-order valence-electron chi connectivity index (χ1n) is 11.9. The molecule has 8 nitrogen and oxygen atoms in total. The lowest BCUT2D eigenvalue weighted by Gasteiger charge is -2.42. The van der Waals surface area contributed by atoms with Crippen LogP contribution >= 0.6 is 11.6 Å². The molecule has 1 saturated heterocycles. The first kappa shape index (κ1) is 22.2. The normalized spacial score (nSPS) is 18.9. The predicted molar refractivity (Wildman–Crippen MR) is 136 cm³/mol. The number of hydrogen-bond donors (Lipinski definition) is 1. The molecule has 180 valence electrons. The summed E-state index contributed by atoms with van der Waals surface area (Å²) in [5.41, 5.74) is 13.5. The molecule has 1 atom stereocenters. The van der Waals surface area contributed by atoms with Gasteiger partial charge in [0.2, 0.25) is 0 Å². The van der Waals surface area contributed by atoms with Gasteiger partial charge in [0.1, 0.15) is 11.3 Å². The highest BCUT2D eigenvalue weighted by Crippen LogP contribution is 2.51. The van der Waals surface area contributed by atoms with Crippen LogP contribution in [-0.4, -0.2) is 44.8 Å². The molecule has 0 radical (unpaired) electrons. The van der Waals surface area contributed by atoms with Gasteiger partial charge in [0.05, 0.1) is 41.6 Å². The first-order valence-corrected chi connectivity index (χ1v) is 12.3. The summed E-state index contributed by atoms with van der Waals surface area (Å²) in [6.07, 6.45) is 8.25. The van der Waals surface area contributed by atoms with Crippen LogP contribution in [0.1, 0.15) is 41.5 Å². The molecule has 1 aliphatic heterocycles. The number of fused-ring (bicyclic) bond motifs is 2. The topological polar surface area (TPSA) is 94.5 Å². The molecule has 0 amide bonds. The van der Waals surface area contributed by atoms with E-state index in [9.17, 15) is 0 Å². The average Bonchev–Trinajstić information content (AvgIpc) is 3.45. The number of piperidine rings is 1. The van der Waals surface area contributed by atoms with Crippen molar-refractivity contribution in [3.8, 4) is 17.0 Å². The molecule has 1 fully saturated rings. The quantitative estimate of drug-likeness (QED) is 0.458. The predicted octanol–water partition coefficient (Wildman–Crippen LogP) is 4.31. The smallest absolute Gasteiger partial charge is 0.155 e. The summed E-state index contributed by atoms with van der Waals surface area (Å²) in [6, 6.07) is 5.96. The molecule has 0 bridgehead atoms. The third-order valence-electron chi connectivity index (χ3n) is 7.81. The molecule has 9 heteroatoms. The van der Waals surface area contributed by atoms with Crippen LogP contribution in [-0.2, 0) is 6.42 Å². The second-order valence-electron chi connectivity index (χ2n) is 9.67. The molecule has 0 aromatic carbocycles. The number of ether oxygens (including phenoxy) is 1. The minimum absolute atomic E-state index is 0.0196. The molecule has 0 unspecified atom stereocenters. The number of aryl methyl sites for hydroxylation is 2. The molecule has 2 N–H and O–H groups in total. The molecule has 35 heavy (non-hydrogen) atoms. The monoisotopic (exact) mass is 489 g/mol. The van der Waals surface area contributed by atoms with Crippen LogP contribution in [0.15, 0.2) is 36.8 Å². The summed E-state index contributed by atoms with van der Waals surface area (Å²) in [5.74, 6) is 1.71. The van der Waals surface area contributed by atoms with E-state index in [1.54, 1.807) is 19.5 Å². The summed E-state index contributed by atoms with van der Waals surface area (Å²) in [6.45, 7) is 5.67. The van der Waals surface area contributed by atoms with E-state index in [0.29, 0.717) is 5.02 Å². The van der Waals surface area contributed by atoms with Crippen LogP contribution in [0.5, 0.6) is 5.75 Å². The van der Waals surface area contributed by atoms with E-state index in [4.69, 9.17) is 27.1 Å². The van der Waals surface area contributed by atoms with Gasteiger partial charge in [0.15, 0.2) is 5.82 Å². The maximum atomic E-state index is 6.81. The zero-order valence-electron chi connectivity index (χ0n) is 20.1. The van der Waals surface area contributed by atoms with E-state index in [-0.39, 0.29) is 11.5 Å². The summed E-state index contributed by atoms with van der Waals surface area (Å²) >= 11 is 6.63. The highest BCUT2D eigenvalue weighted by Gasteiger charge is 2.47. The average molecular weight is 490 g/mol. The first-order chi connectivity index (χ1) is 16.9. The Morgan fingerprint density at radius 1 is 1.11 bits per heavy atom. The lowest BCUT2D eigenvalue weighted by Crippen LogP contribution is -2.44. The fourth-order valence-electron chi connectivity index (χ4n) is 5.79. The van der Waals surface area contributed by atoms with Crippen molar-refractivity contribution in [2.45, 2.75) is 39.2 Å². The van der Waals surface area contributed by atoms with Gasteiger partial charge in [-0.3, -0.25) is 9.97 Å². The van der Waals surface area contributed by atoms with Gasteiger partial charge in [-0.05, 0) is 62.3 Å². The van der Waals surface area contributed by atoms with E-state index in [1.165, 1.54) is 0 Å². The molecule has 4 aromatic heterocycles. The van der Waals surface area contributed by atoms with Crippen LogP contribution < -0.4 is 15.4 Å². The molecular weight excluding hydrogens is 462 g/mol. The number of anilines is 1. The molecule has 1 aliphatic carbocycles. The number of pyridine rings is 2. The number of nitrogens with zero attached hydrogens (tertiary/aromatic N) is 6. The number of rotatable bonds is 3. The molecule has 6 rings (SSSR count). The fraction of sp³-hybridized carbons (Fsp3) is 0.385. The summed E-state index contributed by atoms with van der Waals surface area (Å²) in [4.78, 5) is 16.4. The Hall–Kier alpha value is -3.23. The summed E-state index contributed by atoms with van der Waals surface area (Å²) in [7, 11) is 1.67. The third-order valence-corrected chi connectivity index (χ3v) is 8.28. The Morgan fingerprint density at radius 3 is 2.69 bits per heavy atom. The van der Waals surface area contributed by atoms with E-state index in [2.05, 4.69) is 26.0 Å². The summed E-state index contributed by atoms with van der Waals surface area (Å²) < 4.78 is 7.34. The Labute approximate surface area is 209 Å². The van der Waals surface area contributed by atoms with Gasteiger partial charge in [-0.25, -0.2) is 9.50 Å². The van der Waals surface area contributed by atoms with Gasteiger partial charge < -0.3 is 15.4 Å². The number of nitrogens with two attached hydrogens (primary N) is 1. The standard InChI is InChI=1S/C26H28ClN7O/c1-15-22(27)18(4-8-29-15)23-16(2)32-25(21-5-9-31-34(21)23)33-10-6-26(7-11-33)13-20-19(24(26)28)12-17(35-3)14-30-20/h4-5,8-9,12,14,24H,6-7,10-11,13,28H2,1-3H3/t24-/m1/s1. The van der Waals surface area contributed by atoms with Gasteiger partial charge >= 0.3 is 0 Å². The van der Waals surface area contributed by atoms with Gasteiger partial charge in [0, 0.05) is 36.6 Å². The third kappa shape index (κ3) is 3.38. The van der Waals surface area contributed by atoms with Crippen molar-refractivity contribution in [3.05, 3.63) is 64.5 Å². The number of methoxy groups -OCH3 is 1. The Morgan fingerprint density at radius 2 is 1.91 bits per heavy atom. The van der Waals surface area contributed by atoms with Crippen molar-refractivity contribution in [3.63, 3.8) is 0 Å². The van der Waals surface area contributed by atoms with Crippen LogP contribution in [0.3, 0.4) is 0 Å². The van der Waals surface area contributed by atoms with Crippen molar-refractivity contribution in [2.75, 3.05) is 25.1 Å². The highest BCUT2D eigenvalue weighted by molar-refractivity contribution is 6.33. The highest BCUT2D eigenvalue weighted by atomic mass is 35.5. The van der Waals surface area contributed by atoms with Crippen molar-refractivity contribution in [1.82, 2.24) is 24.6 Å². The molecule has 4 aromatic rings. The van der Waals surface area contributed by atoms with Crippen molar-refractivity contribution in [2.24, 2.45) is 11.1 Å². The Kier molecular flexibility index (Phi) is 5.19. The molecule has 2 aliphatic rings. The van der Waals surface area contributed by atoms with Gasteiger partial charge in [-0.15, -0.1) is 0 Å². The van der Waals surface area contributed by atoms with Crippen LogP contribution in [0, 0.1) is 19.3 Å². The summed E-state index contributed by atoms with van der Waals surface area (Å²) in [5, 5.41) is 5.27. The number of halogens is 1. The lowest BCUT2D eigenvalue weighted by molar-refractivity contribution is 0.186. The van der Waals surface area contributed by atoms with E-state index >= 15 is 0 Å². The minimum Gasteiger partial charge on any atom is -0.495 e. The van der Waals surface area contributed by atoms with Gasteiger partial charge in [-0.2, -0.15) is 5.10 Å².